The molecule has 0 aliphatic carbocycles. The van der Waals surface area contributed by atoms with Crippen LogP contribution >= 0.6 is 34.7 Å². The Balaban J connectivity index is 1.58. The molecule has 0 aliphatic heterocycles. The van der Waals surface area contributed by atoms with Crippen molar-refractivity contribution >= 4 is 50.5 Å². The minimum atomic E-state index is -0.0720. The second-order valence-corrected chi connectivity index (χ2v) is 7.97. The van der Waals surface area contributed by atoms with E-state index in [0.29, 0.717) is 15.2 Å². The van der Waals surface area contributed by atoms with Gasteiger partial charge < -0.3 is 5.11 Å². The summed E-state index contributed by atoms with van der Waals surface area (Å²) in [6.07, 6.45) is 0. The number of aromatic nitrogens is 5. The van der Waals surface area contributed by atoms with Crippen LogP contribution in [0.25, 0.3) is 21.5 Å². The van der Waals surface area contributed by atoms with Crippen molar-refractivity contribution in [1.29, 1.82) is 5.26 Å². The highest BCUT2D eigenvalue weighted by Crippen LogP contribution is 2.30. The largest absolute Gasteiger partial charge is 0.510 e. The Bertz CT molecular complexity index is 1180. The van der Waals surface area contributed by atoms with Gasteiger partial charge in [-0.25, -0.2) is 4.98 Å². The van der Waals surface area contributed by atoms with Gasteiger partial charge in [0, 0.05) is 5.02 Å². The van der Waals surface area contributed by atoms with E-state index >= 15 is 0 Å². The number of hydrogen-bond acceptors (Lipinski definition) is 8. The minimum absolute atomic E-state index is 0.0720. The van der Waals surface area contributed by atoms with Crippen LogP contribution in [0.3, 0.4) is 0 Å². The molecule has 4 rings (SSSR count). The van der Waals surface area contributed by atoms with Gasteiger partial charge in [-0.05, 0) is 46.8 Å². The van der Waals surface area contributed by atoms with Gasteiger partial charge >= 0.3 is 0 Å². The Hall–Kier alpha value is -2.93. The van der Waals surface area contributed by atoms with Crippen LogP contribution in [0.2, 0.25) is 5.02 Å². The average Bonchev–Trinajstić information content (AvgIpc) is 3.34. The van der Waals surface area contributed by atoms with Crippen molar-refractivity contribution in [2.24, 2.45) is 0 Å². The highest BCUT2D eigenvalue weighted by atomic mass is 35.5. The number of thiazole rings is 1. The molecular formula is C18H11ClN6OS2. The molecule has 0 saturated carbocycles. The number of aliphatic hydroxyl groups excluding tert-OH is 1. The maximum Gasteiger partial charge on any atom is 0.214 e. The van der Waals surface area contributed by atoms with Gasteiger partial charge in [0.05, 0.1) is 21.7 Å². The Morgan fingerprint density at radius 1 is 1.21 bits per heavy atom. The number of nitriles is 1. The summed E-state index contributed by atoms with van der Waals surface area (Å²) in [5, 5.41) is 33.2. The smallest absolute Gasteiger partial charge is 0.214 e. The topological polar surface area (TPSA) is 101 Å². The average molecular weight is 427 g/mol. The molecule has 2 aromatic heterocycles. The van der Waals surface area contributed by atoms with E-state index in [2.05, 4.69) is 26.6 Å². The van der Waals surface area contributed by atoms with Crippen LogP contribution in [0, 0.1) is 11.3 Å². The molecule has 7 nitrogen and oxygen atoms in total. The molecule has 0 bridgehead atoms. The predicted molar refractivity (Wildman–Crippen MR) is 110 cm³/mol. The zero-order valence-electron chi connectivity index (χ0n) is 14.2. The van der Waals surface area contributed by atoms with Crippen LogP contribution in [0.15, 0.2) is 59.4 Å². The number of aliphatic hydroxyl groups is 1. The summed E-state index contributed by atoms with van der Waals surface area (Å²) in [4.78, 5) is 4.43. The van der Waals surface area contributed by atoms with Gasteiger partial charge in [-0.1, -0.05) is 35.5 Å². The molecule has 0 unspecified atom stereocenters. The van der Waals surface area contributed by atoms with Crippen molar-refractivity contribution in [3.63, 3.8) is 0 Å². The predicted octanol–water partition coefficient (Wildman–Crippen LogP) is 4.51. The summed E-state index contributed by atoms with van der Waals surface area (Å²) in [5.41, 5.74) is 1.69. The van der Waals surface area contributed by atoms with Gasteiger partial charge in [-0.2, -0.15) is 9.94 Å². The number of rotatable bonds is 5. The van der Waals surface area contributed by atoms with Crippen LogP contribution in [0.4, 0.5) is 0 Å². The van der Waals surface area contributed by atoms with Gasteiger partial charge in [0.1, 0.15) is 22.4 Å². The van der Waals surface area contributed by atoms with E-state index in [1.807, 2.05) is 24.3 Å². The number of fused-ring (bicyclic) bond motifs is 1. The van der Waals surface area contributed by atoms with Gasteiger partial charge in [0.25, 0.3) is 0 Å². The Kier molecular flexibility index (Phi) is 5.25. The lowest BCUT2D eigenvalue weighted by molar-refractivity contribution is 0.420. The lowest BCUT2D eigenvalue weighted by Gasteiger charge is -2.05. The molecule has 0 spiro atoms. The number of benzene rings is 2. The van der Waals surface area contributed by atoms with Crippen LogP contribution in [0.1, 0.15) is 5.01 Å². The molecule has 0 aliphatic rings. The first-order chi connectivity index (χ1) is 13.7. The van der Waals surface area contributed by atoms with Crippen molar-refractivity contribution in [2.45, 2.75) is 5.16 Å². The van der Waals surface area contributed by atoms with Gasteiger partial charge in [0.2, 0.25) is 5.16 Å². The number of halogens is 1. The third-order valence-corrected chi connectivity index (χ3v) is 5.99. The normalized spacial score (nSPS) is 12.0. The second kappa shape index (κ2) is 7.98. The Labute approximate surface area is 172 Å². The highest BCUT2D eigenvalue weighted by Gasteiger charge is 2.16. The maximum atomic E-state index is 10.5. The second-order valence-electron chi connectivity index (χ2n) is 5.56. The van der Waals surface area contributed by atoms with Crippen molar-refractivity contribution in [1.82, 2.24) is 25.2 Å². The van der Waals surface area contributed by atoms with Gasteiger partial charge in [0.15, 0.2) is 0 Å². The number of thioether (sulfide) groups is 1. The molecule has 0 radical (unpaired) electrons. The van der Waals surface area contributed by atoms with Crippen molar-refractivity contribution in [2.75, 3.05) is 5.75 Å². The van der Waals surface area contributed by atoms with Crippen molar-refractivity contribution in [3.05, 3.63) is 64.3 Å². The number of hydrogen-bond donors (Lipinski definition) is 1. The van der Waals surface area contributed by atoms with E-state index < -0.39 is 0 Å². The summed E-state index contributed by atoms with van der Waals surface area (Å²) in [5.74, 6) is 0.0597. The van der Waals surface area contributed by atoms with Crippen LogP contribution in [0.5, 0.6) is 0 Å². The molecule has 2 heterocycles. The third kappa shape index (κ3) is 3.71. The number of para-hydroxylation sites is 1. The molecule has 4 aromatic rings. The quantitative estimate of drug-likeness (QED) is 0.284. The van der Waals surface area contributed by atoms with E-state index in [0.717, 1.165) is 15.9 Å². The lowest BCUT2D eigenvalue weighted by Crippen LogP contribution is -2.00. The summed E-state index contributed by atoms with van der Waals surface area (Å²) >= 11 is 8.50. The van der Waals surface area contributed by atoms with Crippen molar-refractivity contribution < 1.29 is 5.11 Å². The number of nitrogens with zero attached hydrogens (tertiary/aromatic N) is 6. The van der Waals surface area contributed by atoms with Crippen LogP contribution < -0.4 is 0 Å². The molecule has 0 amide bonds. The SMILES string of the molecule is N#C/C(=C(/O)CSc1nnnn1-c1ccc(Cl)cc1)c1nc2ccccc2s1. The minimum Gasteiger partial charge on any atom is -0.510 e. The molecule has 0 fully saturated rings. The molecule has 0 atom stereocenters. The lowest BCUT2D eigenvalue weighted by atomic mass is 10.2. The zero-order chi connectivity index (χ0) is 19.5. The molecule has 0 saturated heterocycles. The molecule has 2 aromatic carbocycles. The van der Waals surface area contributed by atoms with E-state index in [1.54, 1.807) is 24.3 Å². The standard InChI is InChI=1S/C18H11ClN6OS2/c19-11-5-7-12(8-6-11)25-18(22-23-24-25)27-10-15(26)13(9-20)17-21-14-3-1-2-4-16(14)28-17/h1-8,26H,10H2/b15-13-. The molecule has 10 heteroatoms. The highest BCUT2D eigenvalue weighted by molar-refractivity contribution is 7.99. The van der Waals surface area contributed by atoms with E-state index in [4.69, 9.17) is 11.6 Å². The number of allylic oxidation sites excluding steroid dienone is 1. The van der Waals surface area contributed by atoms with E-state index in [1.165, 1.54) is 27.8 Å². The number of tetrazole rings is 1. The summed E-state index contributed by atoms with van der Waals surface area (Å²) in [7, 11) is 0. The first kappa shape index (κ1) is 18.4. The molecule has 1 N–H and O–H groups in total. The first-order valence-electron chi connectivity index (χ1n) is 8.01. The molecule has 138 valence electrons. The van der Waals surface area contributed by atoms with E-state index in [9.17, 15) is 10.4 Å². The fraction of sp³-hybridized carbons (Fsp3) is 0.0556. The third-order valence-electron chi connectivity index (χ3n) is 3.76. The summed E-state index contributed by atoms with van der Waals surface area (Å²) in [6.45, 7) is 0. The monoisotopic (exact) mass is 426 g/mol. The van der Waals surface area contributed by atoms with Crippen LogP contribution in [-0.4, -0.2) is 36.1 Å². The fourth-order valence-electron chi connectivity index (χ4n) is 2.43. The van der Waals surface area contributed by atoms with Crippen molar-refractivity contribution in [3.8, 4) is 11.8 Å². The molecular weight excluding hydrogens is 416 g/mol. The Morgan fingerprint density at radius 3 is 2.75 bits per heavy atom. The first-order valence-corrected chi connectivity index (χ1v) is 10.2. The van der Waals surface area contributed by atoms with Gasteiger partial charge in [-0.15, -0.1) is 16.4 Å². The molecule has 28 heavy (non-hydrogen) atoms. The van der Waals surface area contributed by atoms with Crippen LogP contribution in [-0.2, 0) is 0 Å². The van der Waals surface area contributed by atoms with E-state index in [-0.39, 0.29) is 17.1 Å². The summed E-state index contributed by atoms with van der Waals surface area (Å²) < 4.78 is 2.50. The maximum absolute atomic E-state index is 10.5. The Morgan fingerprint density at radius 2 is 2.00 bits per heavy atom. The zero-order valence-corrected chi connectivity index (χ0v) is 16.5. The van der Waals surface area contributed by atoms with Gasteiger partial charge in [-0.3, -0.25) is 0 Å². The fourth-order valence-corrected chi connectivity index (χ4v) is 4.31. The summed E-state index contributed by atoms with van der Waals surface area (Å²) in [6, 6.07) is 16.7.